The first kappa shape index (κ1) is 20.6. The van der Waals surface area contributed by atoms with Crippen LogP contribution in [-0.4, -0.2) is 34.1 Å². The molecule has 0 aliphatic heterocycles. The van der Waals surface area contributed by atoms with Gasteiger partial charge >= 0.3 is 11.9 Å². The van der Waals surface area contributed by atoms with Gasteiger partial charge in [0.25, 0.3) is 0 Å². The van der Waals surface area contributed by atoms with E-state index < -0.39 is 23.9 Å². The first-order chi connectivity index (χ1) is 13.4. The van der Waals surface area contributed by atoms with Crippen molar-refractivity contribution in [3.63, 3.8) is 0 Å². The van der Waals surface area contributed by atoms with Crippen LogP contribution in [0.15, 0.2) is 48.5 Å². The lowest BCUT2D eigenvalue weighted by atomic mass is 9.98. The highest BCUT2D eigenvalue weighted by Gasteiger charge is 2.17. The summed E-state index contributed by atoms with van der Waals surface area (Å²) in [6.45, 7) is 0. The molecule has 3 N–H and O–H groups in total. The predicted molar refractivity (Wildman–Crippen MR) is 101 cm³/mol. The van der Waals surface area contributed by atoms with Crippen LogP contribution in [0.5, 0.6) is 0 Å². The topological polar surface area (TPSA) is 127 Å². The Morgan fingerprint density at radius 3 is 2.29 bits per heavy atom. The van der Waals surface area contributed by atoms with E-state index in [1.165, 1.54) is 0 Å². The van der Waals surface area contributed by atoms with Crippen LogP contribution in [0.25, 0.3) is 11.1 Å². The molecule has 0 bridgehead atoms. The Balaban J connectivity index is 2.07. The molecule has 2 aromatic carbocycles. The van der Waals surface area contributed by atoms with E-state index in [0.717, 1.165) is 16.7 Å². The van der Waals surface area contributed by atoms with E-state index in [-0.39, 0.29) is 19.3 Å². The summed E-state index contributed by atoms with van der Waals surface area (Å²) in [6, 6.07) is 16.1. The molecule has 0 aromatic heterocycles. The van der Waals surface area contributed by atoms with Gasteiger partial charge in [0.2, 0.25) is 5.91 Å². The number of nitrogens with one attached hydrogen (secondary N) is 1. The molecule has 1 atom stereocenters. The van der Waals surface area contributed by atoms with Crippen molar-refractivity contribution in [1.82, 2.24) is 5.32 Å². The molecule has 0 spiro atoms. The van der Waals surface area contributed by atoms with Crippen LogP contribution < -0.4 is 5.32 Å². The van der Waals surface area contributed by atoms with Crippen LogP contribution in [0.1, 0.15) is 30.4 Å². The van der Waals surface area contributed by atoms with Crippen molar-refractivity contribution in [1.29, 1.82) is 5.26 Å². The number of nitrogens with zero attached hydrogens (tertiary/aromatic N) is 1. The predicted octanol–water partition coefficient (Wildman–Crippen LogP) is 2.59. The summed E-state index contributed by atoms with van der Waals surface area (Å²) in [5, 5.41) is 29.3. The van der Waals surface area contributed by atoms with E-state index in [4.69, 9.17) is 15.5 Å². The van der Waals surface area contributed by atoms with Crippen LogP contribution in [-0.2, 0) is 20.8 Å². The van der Waals surface area contributed by atoms with Crippen molar-refractivity contribution in [2.24, 2.45) is 0 Å². The van der Waals surface area contributed by atoms with E-state index in [0.29, 0.717) is 12.0 Å². The Labute approximate surface area is 162 Å². The highest BCUT2D eigenvalue weighted by atomic mass is 16.4. The molecule has 2 aromatic rings. The molecular weight excluding hydrogens is 360 g/mol. The normalized spacial score (nSPS) is 11.2. The van der Waals surface area contributed by atoms with Crippen molar-refractivity contribution in [3.05, 3.63) is 59.7 Å². The lowest BCUT2D eigenvalue weighted by Crippen LogP contribution is -2.38. The first-order valence-corrected chi connectivity index (χ1v) is 8.70. The van der Waals surface area contributed by atoms with Crippen molar-refractivity contribution >= 4 is 17.8 Å². The molecule has 1 amide bonds. The van der Waals surface area contributed by atoms with Crippen molar-refractivity contribution in [2.75, 3.05) is 0 Å². The largest absolute Gasteiger partial charge is 0.481 e. The number of carboxylic acids is 2. The van der Waals surface area contributed by atoms with E-state index in [9.17, 15) is 14.4 Å². The van der Waals surface area contributed by atoms with Gasteiger partial charge in [0.1, 0.15) is 0 Å². The molecule has 0 radical (unpaired) electrons. The first-order valence-electron chi connectivity index (χ1n) is 8.70. The molecule has 0 saturated carbocycles. The Bertz CT molecular complexity index is 900. The highest BCUT2D eigenvalue weighted by Crippen LogP contribution is 2.21. The minimum atomic E-state index is -1.08. The minimum Gasteiger partial charge on any atom is -0.481 e. The maximum absolute atomic E-state index is 11.8. The van der Waals surface area contributed by atoms with Crippen molar-refractivity contribution in [3.8, 4) is 17.2 Å². The molecule has 2 rings (SSSR count). The molecule has 0 fully saturated rings. The third-order valence-electron chi connectivity index (χ3n) is 4.11. The van der Waals surface area contributed by atoms with Gasteiger partial charge in [0, 0.05) is 12.5 Å². The number of aliphatic carboxylic acids is 2. The van der Waals surface area contributed by atoms with Gasteiger partial charge in [-0.25, -0.2) is 0 Å². The van der Waals surface area contributed by atoms with Gasteiger partial charge in [-0.15, -0.1) is 0 Å². The van der Waals surface area contributed by atoms with E-state index >= 15 is 0 Å². The summed E-state index contributed by atoms with van der Waals surface area (Å²) >= 11 is 0. The third kappa shape index (κ3) is 6.57. The summed E-state index contributed by atoms with van der Waals surface area (Å²) in [4.78, 5) is 33.5. The molecule has 28 heavy (non-hydrogen) atoms. The molecular formula is C21H20N2O5. The second-order valence-corrected chi connectivity index (χ2v) is 6.35. The second-order valence-electron chi connectivity index (χ2n) is 6.35. The SMILES string of the molecule is N#Cc1cccc(-c2ccc(CC(CC(=O)O)NC(=O)CCC(=O)O)cc2)c1. The monoisotopic (exact) mass is 380 g/mol. The molecule has 1 unspecified atom stereocenters. The average molecular weight is 380 g/mol. The molecule has 0 saturated heterocycles. The van der Waals surface area contributed by atoms with Crippen LogP contribution in [0, 0.1) is 11.3 Å². The van der Waals surface area contributed by atoms with Crippen molar-refractivity contribution in [2.45, 2.75) is 31.7 Å². The number of hydrogen-bond acceptors (Lipinski definition) is 4. The zero-order valence-corrected chi connectivity index (χ0v) is 15.1. The summed E-state index contributed by atoms with van der Waals surface area (Å²) in [5.41, 5.74) is 3.22. The lowest BCUT2D eigenvalue weighted by Gasteiger charge is -2.17. The van der Waals surface area contributed by atoms with Gasteiger partial charge in [0.15, 0.2) is 0 Å². The zero-order chi connectivity index (χ0) is 20.5. The molecule has 144 valence electrons. The summed E-state index contributed by atoms with van der Waals surface area (Å²) in [6.07, 6.45) is -0.448. The number of carboxylic acid groups (broad SMARTS) is 2. The number of amides is 1. The fraction of sp³-hybridized carbons (Fsp3) is 0.238. The zero-order valence-electron chi connectivity index (χ0n) is 15.1. The molecule has 0 aliphatic carbocycles. The number of benzene rings is 2. The Morgan fingerprint density at radius 1 is 0.964 bits per heavy atom. The Hall–Kier alpha value is -3.66. The van der Waals surface area contributed by atoms with Gasteiger partial charge in [-0.1, -0.05) is 36.4 Å². The summed E-state index contributed by atoms with van der Waals surface area (Å²) in [5.74, 6) is -2.62. The molecule has 0 heterocycles. The van der Waals surface area contributed by atoms with Crippen LogP contribution in [0.4, 0.5) is 0 Å². The van der Waals surface area contributed by atoms with Crippen LogP contribution >= 0.6 is 0 Å². The van der Waals surface area contributed by atoms with E-state index in [2.05, 4.69) is 11.4 Å². The van der Waals surface area contributed by atoms with Crippen molar-refractivity contribution < 1.29 is 24.6 Å². The number of carbonyl (C=O) groups excluding carboxylic acids is 1. The Morgan fingerprint density at radius 2 is 1.68 bits per heavy atom. The summed E-state index contributed by atoms with van der Waals surface area (Å²) in [7, 11) is 0. The van der Waals surface area contributed by atoms with E-state index in [1.54, 1.807) is 18.2 Å². The molecule has 7 heteroatoms. The lowest BCUT2D eigenvalue weighted by molar-refractivity contribution is -0.140. The van der Waals surface area contributed by atoms with Gasteiger partial charge in [0.05, 0.1) is 24.5 Å². The van der Waals surface area contributed by atoms with Gasteiger partial charge in [-0.05, 0) is 35.2 Å². The molecule has 0 aliphatic rings. The number of nitriles is 1. The maximum Gasteiger partial charge on any atom is 0.305 e. The quantitative estimate of drug-likeness (QED) is 0.613. The Kier molecular flexibility index (Phi) is 7.28. The third-order valence-corrected chi connectivity index (χ3v) is 4.11. The van der Waals surface area contributed by atoms with E-state index in [1.807, 2.05) is 30.3 Å². The van der Waals surface area contributed by atoms with Gasteiger partial charge in [-0.3, -0.25) is 14.4 Å². The highest BCUT2D eigenvalue weighted by molar-refractivity contribution is 5.81. The van der Waals surface area contributed by atoms with Crippen LogP contribution in [0.2, 0.25) is 0 Å². The maximum atomic E-state index is 11.8. The fourth-order valence-corrected chi connectivity index (χ4v) is 2.79. The smallest absolute Gasteiger partial charge is 0.305 e. The van der Waals surface area contributed by atoms with Gasteiger partial charge in [-0.2, -0.15) is 5.26 Å². The average Bonchev–Trinajstić information content (AvgIpc) is 2.66. The number of hydrogen-bond donors (Lipinski definition) is 3. The number of carbonyl (C=O) groups is 3. The molecule has 7 nitrogen and oxygen atoms in total. The second kappa shape index (κ2) is 9.88. The summed E-state index contributed by atoms with van der Waals surface area (Å²) < 4.78 is 0. The van der Waals surface area contributed by atoms with Gasteiger partial charge < -0.3 is 15.5 Å². The number of rotatable bonds is 9. The standard InChI is InChI=1S/C21H20N2O5/c22-13-15-2-1-3-17(10-15)16-6-4-14(5-7-16)11-18(12-21(27)28)23-19(24)8-9-20(25)26/h1-7,10,18H,8-9,11-12H2,(H,23,24)(H,25,26)(H,27,28). The fourth-order valence-electron chi connectivity index (χ4n) is 2.79. The van der Waals surface area contributed by atoms with Crippen LogP contribution in [0.3, 0.4) is 0 Å². The minimum absolute atomic E-state index is 0.195.